The molecule has 7 nitrogen and oxygen atoms in total. The minimum Gasteiger partial charge on any atom is -0.338 e. The van der Waals surface area contributed by atoms with Crippen molar-refractivity contribution >= 4 is 33.3 Å². The number of fused-ring (bicyclic) bond motifs is 1. The summed E-state index contributed by atoms with van der Waals surface area (Å²) >= 11 is 0. The Hall–Kier alpha value is -3.01. The lowest BCUT2D eigenvalue weighted by atomic mass is 10.0. The highest BCUT2D eigenvalue weighted by atomic mass is 32.2. The molecular formula is C21H21F2N3O4S. The maximum absolute atomic E-state index is 14.5. The summed E-state index contributed by atoms with van der Waals surface area (Å²) in [7, 11) is -4.52. The fourth-order valence-corrected chi connectivity index (χ4v) is 5.63. The van der Waals surface area contributed by atoms with Crippen molar-refractivity contribution in [2.45, 2.75) is 37.1 Å². The van der Waals surface area contributed by atoms with Gasteiger partial charge in [0, 0.05) is 18.7 Å². The molecule has 0 N–H and O–H groups in total. The predicted molar refractivity (Wildman–Crippen MR) is 110 cm³/mol. The van der Waals surface area contributed by atoms with E-state index in [9.17, 15) is 26.8 Å². The van der Waals surface area contributed by atoms with Gasteiger partial charge in [0.1, 0.15) is 28.8 Å². The maximum Gasteiger partial charge on any atom is 0.343 e. The van der Waals surface area contributed by atoms with Crippen LogP contribution in [0.2, 0.25) is 0 Å². The monoisotopic (exact) mass is 449 g/mol. The molecule has 2 aliphatic heterocycles. The number of carbonyl (C=O) groups is 2. The molecule has 0 bridgehead atoms. The van der Waals surface area contributed by atoms with Crippen LogP contribution in [0.15, 0.2) is 47.4 Å². The third-order valence-electron chi connectivity index (χ3n) is 5.62. The average Bonchev–Trinajstić information content (AvgIpc) is 2.74. The van der Waals surface area contributed by atoms with E-state index in [-0.39, 0.29) is 26.8 Å². The summed E-state index contributed by atoms with van der Waals surface area (Å²) in [5.41, 5.74) is -0.707. The van der Waals surface area contributed by atoms with E-state index in [1.54, 1.807) is 11.0 Å². The summed E-state index contributed by atoms with van der Waals surface area (Å²) in [6, 6.07) is 6.76. The number of urea groups is 1. The van der Waals surface area contributed by atoms with E-state index in [1.807, 2.05) is 6.92 Å². The van der Waals surface area contributed by atoms with Gasteiger partial charge in [-0.2, -0.15) is 4.31 Å². The molecule has 4 rings (SSSR count). The van der Waals surface area contributed by atoms with Crippen LogP contribution in [0, 0.1) is 11.6 Å². The SMILES string of the molecule is C[C@H]1CCCCN1C(=O)CN1C(=O)N(c2cc(F)ccc2F)S(=O)(=O)c2ccccc21. The van der Waals surface area contributed by atoms with Crippen molar-refractivity contribution in [3.05, 3.63) is 54.1 Å². The van der Waals surface area contributed by atoms with Gasteiger partial charge in [-0.25, -0.2) is 22.0 Å². The smallest absolute Gasteiger partial charge is 0.338 e. The Morgan fingerprint density at radius 3 is 2.58 bits per heavy atom. The van der Waals surface area contributed by atoms with Crippen LogP contribution in [0.3, 0.4) is 0 Å². The lowest BCUT2D eigenvalue weighted by Gasteiger charge is -2.38. The fourth-order valence-electron chi connectivity index (χ4n) is 4.03. The summed E-state index contributed by atoms with van der Waals surface area (Å²) in [4.78, 5) is 28.7. The standard InChI is InChI=1S/C21H21F2N3O4S/c1-14-6-4-5-11-24(14)20(27)13-25-17-7-2-3-8-19(17)31(29,30)26(21(25)28)18-12-15(22)9-10-16(18)23/h2-3,7-10,12,14H,4-6,11,13H2,1H3/t14-/m0/s1. The Morgan fingerprint density at radius 2 is 1.84 bits per heavy atom. The van der Waals surface area contributed by atoms with Crippen LogP contribution in [0.5, 0.6) is 0 Å². The molecule has 0 radical (unpaired) electrons. The highest BCUT2D eigenvalue weighted by Crippen LogP contribution is 2.38. The molecule has 164 valence electrons. The van der Waals surface area contributed by atoms with Crippen LogP contribution in [0.4, 0.5) is 25.0 Å². The van der Waals surface area contributed by atoms with E-state index < -0.39 is 39.9 Å². The minimum absolute atomic E-state index is 0.00288. The quantitative estimate of drug-likeness (QED) is 0.719. The van der Waals surface area contributed by atoms with Crippen molar-refractivity contribution in [2.75, 3.05) is 22.3 Å². The van der Waals surface area contributed by atoms with Gasteiger partial charge in [-0.1, -0.05) is 12.1 Å². The molecule has 0 aromatic heterocycles. The molecule has 2 aromatic carbocycles. The first kappa shape index (κ1) is 21.2. The van der Waals surface area contributed by atoms with Gasteiger partial charge in [-0.15, -0.1) is 0 Å². The maximum atomic E-state index is 14.5. The van der Waals surface area contributed by atoms with E-state index in [2.05, 4.69) is 0 Å². The van der Waals surface area contributed by atoms with Crippen molar-refractivity contribution in [1.29, 1.82) is 0 Å². The van der Waals surface area contributed by atoms with Gasteiger partial charge in [0.2, 0.25) is 5.91 Å². The predicted octanol–water partition coefficient (Wildman–Crippen LogP) is 3.50. The van der Waals surface area contributed by atoms with Crippen molar-refractivity contribution < 1.29 is 26.8 Å². The van der Waals surface area contributed by atoms with E-state index in [4.69, 9.17) is 0 Å². The molecule has 10 heteroatoms. The van der Waals surface area contributed by atoms with E-state index in [1.165, 1.54) is 18.2 Å². The summed E-state index contributed by atoms with van der Waals surface area (Å²) in [5.74, 6) is -2.31. The van der Waals surface area contributed by atoms with Gasteiger partial charge in [-0.3, -0.25) is 9.69 Å². The molecule has 0 aliphatic carbocycles. The van der Waals surface area contributed by atoms with E-state index >= 15 is 0 Å². The molecule has 0 saturated carbocycles. The van der Waals surface area contributed by atoms with Gasteiger partial charge in [-0.05, 0) is 50.5 Å². The van der Waals surface area contributed by atoms with Gasteiger partial charge in [0.05, 0.1) is 5.69 Å². The van der Waals surface area contributed by atoms with Crippen molar-refractivity contribution in [3.8, 4) is 0 Å². The third kappa shape index (κ3) is 3.65. The Kier molecular flexibility index (Phi) is 5.42. The van der Waals surface area contributed by atoms with Crippen LogP contribution < -0.4 is 9.21 Å². The molecule has 1 saturated heterocycles. The summed E-state index contributed by atoms with van der Waals surface area (Å²) < 4.78 is 54.8. The number of hydrogen-bond donors (Lipinski definition) is 0. The average molecular weight is 449 g/mol. The number of hydrogen-bond acceptors (Lipinski definition) is 4. The molecule has 0 spiro atoms. The van der Waals surface area contributed by atoms with Crippen LogP contribution in [0.1, 0.15) is 26.2 Å². The Labute approximate surface area is 178 Å². The van der Waals surface area contributed by atoms with Gasteiger partial charge in [0.25, 0.3) is 10.0 Å². The van der Waals surface area contributed by atoms with Crippen LogP contribution in [-0.4, -0.2) is 44.4 Å². The number of nitrogens with zero attached hydrogens (tertiary/aromatic N) is 3. The number of rotatable bonds is 3. The minimum atomic E-state index is -4.52. The van der Waals surface area contributed by atoms with E-state index in [0.29, 0.717) is 12.6 Å². The van der Waals surface area contributed by atoms with Gasteiger partial charge >= 0.3 is 6.03 Å². The Morgan fingerprint density at radius 1 is 1.10 bits per heavy atom. The number of halogens is 2. The zero-order chi connectivity index (χ0) is 22.3. The highest BCUT2D eigenvalue weighted by Gasteiger charge is 2.44. The number of amides is 3. The van der Waals surface area contributed by atoms with Crippen LogP contribution in [0.25, 0.3) is 0 Å². The van der Waals surface area contributed by atoms with Crippen molar-refractivity contribution in [1.82, 2.24) is 4.90 Å². The lowest BCUT2D eigenvalue weighted by Crippen LogP contribution is -2.55. The summed E-state index contributed by atoms with van der Waals surface area (Å²) in [6.07, 6.45) is 2.68. The number of anilines is 2. The Bertz CT molecular complexity index is 1160. The highest BCUT2D eigenvalue weighted by molar-refractivity contribution is 7.94. The molecule has 0 unspecified atom stereocenters. The number of sulfonamides is 1. The number of benzene rings is 2. The fraction of sp³-hybridized carbons (Fsp3) is 0.333. The zero-order valence-electron chi connectivity index (χ0n) is 16.8. The molecule has 2 aliphatic rings. The van der Waals surface area contributed by atoms with Crippen LogP contribution in [-0.2, 0) is 14.8 Å². The Balaban J connectivity index is 1.79. The molecule has 2 aromatic rings. The number of piperidine rings is 1. The zero-order valence-corrected chi connectivity index (χ0v) is 17.6. The number of para-hydroxylation sites is 1. The second kappa shape index (κ2) is 7.92. The van der Waals surface area contributed by atoms with Crippen molar-refractivity contribution in [2.24, 2.45) is 0 Å². The van der Waals surface area contributed by atoms with Gasteiger partial charge in [0.15, 0.2) is 0 Å². The molecule has 1 atom stereocenters. The summed E-state index contributed by atoms with van der Waals surface area (Å²) in [5, 5.41) is 0. The second-order valence-corrected chi connectivity index (χ2v) is 9.39. The molecule has 3 amide bonds. The topological polar surface area (TPSA) is 78.0 Å². The number of carbonyl (C=O) groups excluding carboxylic acids is 2. The van der Waals surface area contributed by atoms with Crippen molar-refractivity contribution in [3.63, 3.8) is 0 Å². The third-order valence-corrected chi connectivity index (χ3v) is 7.36. The normalized spacial score (nSPS) is 20.5. The molecular weight excluding hydrogens is 428 g/mol. The lowest BCUT2D eigenvalue weighted by molar-refractivity contribution is -0.132. The first-order valence-electron chi connectivity index (χ1n) is 9.92. The molecule has 31 heavy (non-hydrogen) atoms. The van der Waals surface area contributed by atoms with Crippen LogP contribution >= 0.6 is 0 Å². The second-order valence-electron chi connectivity index (χ2n) is 7.63. The summed E-state index contributed by atoms with van der Waals surface area (Å²) in [6.45, 7) is 2.05. The largest absolute Gasteiger partial charge is 0.343 e. The van der Waals surface area contributed by atoms with E-state index in [0.717, 1.165) is 36.3 Å². The first-order valence-corrected chi connectivity index (χ1v) is 11.4. The number of likely N-dealkylation sites (tertiary alicyclic amines) is 1. The first-order chi connectivity index (χ1) is 14.7. The molecule has 2 heterocycles. The molecule has 1 fully saturated rings. The van der Waals surface area contributed by atoms with Gasteiger partial charge < -0.3 is 4.90 Å².